The van der Waals surface area contributed by atoms with Crippen LogP contribution in [0, 0.1) is 0 Å². The van der Waals surface area contributed by atoms with Gasteiger partial charge >= 0.3 is 0 Å². The standard InChI is InChI=1S/C22H14.C6H12/c1-2-6-16-10-20-14-22-12-18-8-4-3-7-17(18)11-21(22)13-19(20)9-15(16)5-1;1-3-5-6-4-2/h1-14H;3H,1,4-6H2,2H3. The van der Waals surface area contributed by atoms with Crippen molar-refractivity contribution < 1.29 is 0 Å². The fraction of sp³-hybridized carbons (Fsp3) is 0.143. The summed E-state index contributed by atoms with van der Waals surface area (Å²) in [5, 5.41) is 10.4. The first-order valence-electron chi connectivity index (χ1n) is 10.1. The van der Waals surface area contributed by atoms with Crippen LogP contribution in [0.5, 0.6) is 0 Å². The van der Waals surface area contributed by atoms with Gasteiger partial charge in [-0.15, -0.1) is 6.58 Å². The van der Waals surface area contributed by atoms with Gasteiger partial charge < -0.3 is 0 Å². The third kappa shape index (κ3) is 3.77. The molecule has 0 amide bonds. The Kier molecular flexibility index (Phi) is 5.39. The van der Waals surface area contributed by atoms with Gasteiger partial charge in [-0.1, -0.05) is 74.4 Å². The molecule has 138 valence electrons. The van der Waals surface area contributed by atoms with Gasteiger partial charge in [-0.3, -0.25) is 0 Å². The zero-order valence-corrected chi connectivity index (χ0v) is 16.5. The highest BCUT2D eigenvalue weighted by atomic mass is 14.1. The van der Waals surface area contributed by atoms with E-state index in [1.165, 1.54) is 62.4 Å². The molecule has 0 nitrogen and oxygen atoms in total. The second kappa shape index (κ2) is 8.27. The highest BCUT2D eigenvalue weighted by Crippen LogP contribution is 2.29. The summed E-state index contributed by atoms with van der Waals surface area (Å²) in [4.78, 5) is 0. The molecule has 0 aliphatic carbocycles. The van der Waals surface area contributed by atoms with Crippen molar-refractivity contribution in [3.05, 3.63) is 97.6 Å². The van der Waals surface area contributed by atoms with Gasteiger partial charge in [-0.2, -0.15) is 0 Å². The van der Waals surface area contributed by atoms with E-state index in [9.17, 15) is 0 Å². The number of benzene rings is 5. The fourth-order valence-electron chi connectivity index (χ4n) is 3.73. The molecule has 0 aliphatic rings. The Hall–Kier alpha value is -3.12. The van der Waals surface area contributed by atoms with Crippen molar-refractivity contribution in [1.29, 1.82) is 0 Å². The molecule has 0 heterocycles. The summed E-state index contributed by atoms with van der Waals surface area (Å²) in [6, 6.07) is 30.9. The first-order chi connectivity index (χ1) is 13.8. The molecular weight excluding hydrogens is 336 g/mol. The summed E-state index contributed by atoms with van der Waals surface area (Å²) in [6.07, 6.45) is 5.72. The van der Waals surface area contributed by atoms with Gasteiger partial charge in [0.05, 0.1) is 0 Å². The first kappa shape index (κ1) is 18.3. The highest BCUT2D eigenvalue weighted by molar-refractivity contribution is 6.08. The molecule has 0 heteroatoms. The predicted octanol–water partition coefficient (Wildman–Crippen LogP) is 8.66. The third-order valence-electron chi connectivity index (χ3n) is 5.29. The minimum Gasteiger partial charge on any atom is -0.103 e. The third-order valence-corrected chi connectivity index (χ3v) is 5.29. The van der Waals surface area contributed by atoms with E-state index in [-0.39, 0.29) is 0 Å². The van der Waals surface area contributed by atoms with E-state index < -0.39 is 0 Å². The van der Waals surface area contributed by atoms with Crippen molar-refractivity contribution >= 4 is 43.1 Å². The van der Waals surface area contributed by atoms with Crippen molar-refractivity contribution in [2.24, 2.45) is 0 Å². The predicted molar refractivity (Wildman–Crippen MR) is 126 cm³/mol. The summed E-state index contributed by atoms with van der Waals surface area (Å²) >= 11 is 0. The number of hydrogen-bond donors (Lipinski definition) is 0. The SMILES string of the molecule is C=CCCCC.c1ccc2cc3cc4cc5ccccc5cc4cc3cc2c1. The minimum atomic E-state index is 1.18. The van der Waals surface area contributed by atoms with Crippen LogP contribution in [0.15, 0.2) is 97.6 Å². The summed E-state index contributed by atoms with van der Waals surface area (Å²) < 4.78 is 0. The van der Waals surface area contributed by atoms with Gasteiger partial charge in [0, 0.05) is 0 Å². The van der Waals surface area contributed by atoms with Gasteiger partial charge in [0.25, 0.3) is 0 Å². The van der Waals surface area contributed by atoms with Crippen molar-refractivity contribution in [1.82, 2.24) is 0 Å². The van der Waals surface area contributed by atoms with E-state index in [0.29, 0.717) is 0 Å². The molecular formula is C28H26. The van der Waals surface area contributed by atoms with E-state index in [0.717, 1.165) is 0 Å². The lowest BCUT2D eigenvalue weighted by Crippen LogP contribution is -1.80. The van der Waals surface area contributed by atoms with Crippen molar-refractivity contribution in [2.75, 3.05) is 0 Å². The van der Waals surface area contributed by atoms with Crippen LogP contribution in [0.25, 0.3) is 43.1 Å². The Balaban J connectivity index is 0.000000283. The number of unbranched alkanes of at least 4 members (excludes halogenated alkanes) is 2. The molecule has 0 N–H and O–H groups in total. The van der Waals surface area contributed by atoms with Gasteiger partial charge in [0.15, 0.2) is 0 Å². The van der Waals surface area contributed by atoms with E-state index in [1.54, 1.807) is 0 Å². The van der Waals surface area contributed by atoms with Crippen LogP contribution >= 0.6 is 0 Å². The molecule has 0 radical (unpaired) electrons. The molecule has 0 atom stereocenters. The van der Waals surface area contributed by atoms with Crippen LogP contribution in [0.3, 0.4) is 0 Å². The Labute approximate surface area is 167 Å². The molecule has 5 aromatic rings. The van der Waals surface area contributed by atoms with Crippen LogP contribution in [-0.4, -0.2) is 0 Å². The average Bonchev–Trinajstić information content (AvgIpc) is 2.73. The largest absolute Gasteiger partial charge is 0.103 e. The molecule has 5 aromatic carbocycles. The van der Waals surface area contributed by atoms with Gasteiger partial charge in [-0.25, -0.2) is 0 Å². The Morgan fingerprint density at radius 1 is 0.571 bits per heavy atom. The van der Waals surface area contributed by atoms with E-state index in [1.807, 2.05) is 6.08 Å². The minimum absolute atomic E-state index is 1.18. The number of allylic oxidation sites excluding steroid dienone is 1. The van der Waals surface area contributed by atoms with Crippen LogP contribution < -0.4 is 0 Å². The molecule has 0 aliphatic heterocycles. The fourth-order valence-corrected chi connectivity index (χ4v) is 3.73. The van der Waals surface area contributed by atoms with Crippen LogP contribution in [0.1, 0.15) is 26.2 Å². The van der Waals surface area contributed by atoms with Crippen molar-refractivity contribution in [2.45, 2.75) is 26.2 Å². The number of hydrogen-bond acceptors (Lipinski definition) is 0. The van der Waals surface area contributed by atoms with E-state index in [4.69, 9.17) is 0 Å². The van der Waals surface area contributed by atoms with Crippen LogP contribution in [0.2, 0.25) is 0 Å². The lowest BCUT2D eigenvalue weighted by molar-refractivity contribution is 0.816. The molecule has 28 heavy (non-hydrogen) atoms. The smallest absolute Gasteiger partial charge is 0.0171 e. The van der Waals surface area contributed by atoms with Gasteiger partial charge in [0.2, 0.25) is 0 Å². The normalized spacial score (nSPS) is 10.9. The zero-order valence-electron chi connectivity index (χ0n) is 16.5. The van der Waals surface area contributed by atoms with Crippen molar-refractivity contribution in [3.8, 4) is 0 Å². The number of rotatable bonds is 3. The van der Waals surface area contributed by atoms with Gasteiger partial charge in [-0.05, 0) is 85.9 Å². The summed E-state index contributed by atoms with van der Waals surface area (Å²) in [5.74, 6) is 0. The van der Waals surface area contributed by atoms with Crippen LogP contribution in [-0.2, 0) is 0 Å². The quantitative estimate of drug-likeness (QED) is 0.171. The highest BCUT2D eigenvalue weighted by Gasteiger charge is 2.02. The summed E-state index contributed by atoms with van der Waals surface area (Å²) in [7, 11) is 0. The maximum Gasteiger partial charge on any atom is -0.0171 e. The lowest BCUT2D eigenvalue weighted by atomic mass is 9.97. The monoisotopic (exact) mass is 362 g/mol. The Morgan fingerprint density at radius 2 is 0.893 bits per heavy atom. The first-order valence-corrected chi connectivity index (χ1v) is 10.1. The Bertz CT molecular complexity index is 1080. The summed E-state index contributed by atoms with van der Waals surface area (Å²) in [5.41, 5.74) is 0. The molecule has 0 spiro atoms. The second-order valence-electron chi connectivity index (χ2n) is 7.38. The van der Waals surface area contributed by atoms with Gasteiger partial charge in [0.1, 0.15) is 0 Å². The van der Waals surface area contributed by atoms with E-state index in [2.05, 4.69) is 98.4 Å². The number of fused-ring (bicyclic) bond motifs is 4. The van der Waals surface area contributed by atoms with Crippen molar-refractivity contribution in [3.63, 3.8) is 0 Å². The molecule has 0 saturated heterocycles. The van der Waals surface area contributed by atoms with E-state index >= 15 is 0 Å². The molecule has 5 rings (SSSR count). The maximum atomic E-state index is 3.60. The molecule has 0 aromatic heterocycles. The molecule has 0 saturated carbocycles. The second-order valence-corrected chi connectivity index (χ2v) is 7.38. The van der Waals surface area contributed by atoms with Crippen LogP contribution in [0.4, 0.5) is 0 Å². The topological polar surface area (TPSA) is 0 Å². The average molecular weight is 363 g/mol. The molecule has 0 unspecified atom stereocenters. The Morgan fingerprint density at radius 3 is 1.14 bits per heavy atom. The maximum absolute atomic E-state index is 3.60. The summed E-state index contributed by atoms with van der Waals surface area (Å²) in [6.45, 7) is 5.78. The molecule has 0 fully saturated rings. The molecule has 0 bridgehead atoms. The zero-order chi connectivity index (χ0) is 19.3. The lowest BCUT2D eigenvalue weighted by Gasteiger charge is -2.07.